The molecule has 5 nitrogen and oxygen atoms in total. The summed E-state index contributed by atoms with van der Waals surface area (Å²) in [6.07, 6.45) is 0. The Labute approximate surface area is 136 Å². The Hall–Kier alpha value is -1.30. The van der Waals surface area contributed by atoms with Crippen LogP contribution in [0, 0.1) is 0 Å². The predicted octanol–water partition coefficient (Wildman–Crippen LogP) is 2.50. The fourth-order valence-corrected chi connectivity index (χ4v) is 3.02. The summed E-state index contributed by atoms with van der Waals surface area (Å²) in [6.45, 7) is 6.82. The minimum Gasteiger partial charge on any atom is -0.492 e. The molecule has 1 aromatic carbocycles. The second-order valence-electron chi connectivity index (χ2n) is 5.69. The van der Waals surface area contributed by atoms with Gasteiger partial charge in [-0.3, -0.25) is 9.69 Å². The van der Waals surface area contributed by atoms with Gasteiger partial charge in [0.05, 0.1) is 11.6 Å². The molecule has 22 heavy (non-hydrogen) atoms. The Bertz CT molecular complexity index is 538. The lowest BCUT2D eigenvalue weighted by Gasteiger charge is -2.40. The Morgan fingerprint density at radius 3 is 2.77 bits per heavy atom. The van der Waals surface area contributed by atoms with E-state index in [1.165, 1.54) is 0 Å². The first-order valence-corrected chi connectivity index (χ1v) is 7.91. The third kappa shape index (κ3) is 3.72. The van der Waals surface area contributed by atoms with Gasteiger partial charge in [-0.2, -0.15) is 0 Å². The molecule has 2 rings (SSSR count). The predicted molar refractivity (Wildman–Crippen MR) is 86.7 cm³/mol. The topological polar surface area (TPSA) is 53.0 Å². The van der Waals surface area contributed by atoms with Crippen LogP contribution in [0.2, 0.25) is 5.02 Å². The second-order valence-corrected chi connectivity index (χ2v) is 6.10. The summed E-state index contributed by atoms with van der Waals surface area (Å²) in [6, 6.07) is 4.89. The first kappa shape index (κ1) is 17.1. The highest BCUT2D eigenvalue weighted by Crippen LogP contribution is 2.31. The number of nitrogens with zero attached hydrogens (tertiary/aromatic N) is 2. The highest BCUT2D eigenvalue weighted by molar-refractivity contribution is 6.32. The number of carboxylic acid groups (broad SMARTS) is 1. The zero-order valence-electron chi connectivity index (χ0n) is 13.3. The summed E-state index contributed by atoms with van der Waals surface area (Å²) in [4.78, 5) is 16.0. The van der Waals surface area contributed by atoms with E-state index in [9.17, 15) is 9.90 Å². The van der Waals surface area contributed by atoms with Crippen LogP contribution in [-0.4, -0.2) is 60.2 Å². The molecular formula is C16H23ClN2O3. The summed E-state index contributed by atoms with van der Waals surface area (Å²) in [5.74, 6) is -0.263. The molecular weight excluding hydrogens is 304 g/mol. The summed E-state index contributed by atoms with van der Waals surface area (Å²) in [5, 5.41) is 10.1. The molecule has 0 bridgehead atoms. The molecule has 1 aromatic rings. The maximum Gasteiger partial charge on any atom is 0.325 e. The van der Waals surface area contributed by atoms with Crippen LogP contribution in [-0.2, 0) is 4.79 Å². The molecule has 0 aromatic heterocycles. The fraction of sp³-hybridized carbons (Fsp3) is 0.562. The van der Waals surface area contributed by atoms with Crippen molar-refractivity contribution < 1.29 is 14.6 Å². The van der Waals surface area contributed by atoms with Gasteiger partial charge in [-0.05, 0) is 38.6 Å². The number of carbonyl (C=O) groups is 1. The Kier molecular flexibility index (Phi) is 5.67. The molecule has 1 fully saturated rings. The number of carboxylic acids is 1. The van der Waals surface area contributed by atoms with Crippen molar-refractivity contribution in [2.45, 2.75) is 25.9 Å². The lowest BCUT2D eigenvalue weighted by atomic mass is 10.0. The average molecular weight is 327 g/mol. The van der Waals surface area contributed by atoms with E-state index in [2.05, 4.69) is 18.9 Å². The third-order valence-electron chi connectivity index (χ3n) is 4.16. The van der Waals surface area contributed by atoms with Crippen LogP contribution in [0.4, 0.5) is 0 Å². The lowest BCUT2D eigenvalue weighted by molar-refractivity contribution is -0.144. The summed E-state index contributed by atoms with van der Waals surface area (Å²) < 4.78 is 5.41. The minimum atomic E-state index is -0.850. The molecule has 122 valence electrons. The average Bonchev–Trinajstić information content (AvgIpc) is 2.45. The highest BCUT2D eigenvalue weighted by Gasteiger charge is 2.32. The van der Waals surface area contributed by atoms with Gasteiger partial charge in [0.15, 0.2) is 0 Å². The maximum absolute atomic E-state index is 11.8. The number of rotatable bonds is 5. The van der Waals surface area contributed by atoms with Crippen LogP contribution in [0.15, 0.2) is 18.2 Å². The van der Waals surface area contributed by atoms with Gasteiger partial charge in [-0.1, -0.05) is 17.7 Å². The molecule has 0 radical (unpaired) electrons. The lowest BCUT2D eigenvalue weighted by Crippen LogP contribution is -2.52. The van der Waals surface area contributed by atoms with Gasteiger partial charge in [0, 0.05) is 25.7 Å². The Balaban J connectivity index is 2.25. The standard InChI is InChI=1S/C16H23ClN2O3/c1-4-22-14-6-5-12(9-13(14)17)15(16(20)21)19-8-7-18(3)11(2)10-19/h5-6,9,11,15H,4,7-8,10H2,1-3H3,(H,20,21). The van der Waals surface area contributed by atoms with E-state index in [1.807, 2.05) is 11.8 Å². The monoisotopic (exact) mass is 326 g/mol. The van der Waals surface area contributed by atoms with Gasteiger partial charge >= 0.3 is 5.97 Å². The summed E-state index contributed by atoms with van der Waals surface area (Å²) >= 11 is 6.20. The van der Waals surface area contributed by atoms with E-state index in [-0.39, 0.29) is 0 Å². The van der Waals surface area contributed by atoms with Crippen molar-refractivity contribution in [2.24, 2.45) is 0 Å². The normalized spacial score (nSPS) is 21.5. The van der Waals surface area contributed by atoms with Crippen molar-refractivity contribution in [3.63, 3.8) is 0 Å². The first-order chi connectivity index (χ1) is 10.4. The molecule has 0 aliphatic carbocycles. The molecule has 0 spiro atoms. The quantitative estimate of drug-likeness (QED) is 0.901. The van der Waals surface area contributed by atoms with E-state index >= 15 is 0 Å². The first-order valence-electron chi connectivity index (χ1n) is 7.53. The van der Waals surface area contributed by atoms with Crippen LogP contribution in [0.3, 0.4) is 0 Å². The summed E-state index contributed by atoms with van der Waals surface area (Å²) in [5.41, 5.74) is 0.692. The number of aliphatic carboxylic acids is 1. The molecule has 2 atom stereocenters. The Morgan fingerprint density at radius 2 is 2.23 bits per heavy atom. The number of hydrogen-bond donors (Lipinski definition) is 1. The van der Waals surface area contributed by atoms with E-state index in [0.29, 0.717) is 29.0 Å². The molecule has 6 heteroatoms. The van der Waals surface area contributed by atoms with Crippen molar-refractivity contribution in [3.8, 4) is 5.75 Å². The van der Waals surface area contributed by atoms with Crippen molar-refractivity contribution >= 4 is 17.6 Å². The number of likely N-dealkylation sites (N-methyl/N-ethyl adjacent to an activating group) is 1. The maximum atomic E-state index is 11.8. The summed E-state index contributed by atoms with van der Waals surface area (Å²) in [7, 11) is 2.06. The van der Waals surface area contributed by atoms with Gasteiger partial charge in [0.25, 0.3) is 0 Å². The highest BCUT2D eigenvalue weighted by atomic mass is 35.5. The van der Waals surface area contributed by atoms with Gasteiger partial charge < -0.3 is 14.7 Å². The largest absolute Gasteiger partial charge is 0.492 e. The van der Waals surface area contributed by atoms with Crippen molar-refractivity contribution in [1.29, 1.82) is 0 Å². The number of piperazine rings is 1. The van der Waals surface area contributed by atoms with Crippen molar-refractivity contribution in [3.05, 3.63) is 28.8 Å². The second kappa shape index (κ2) is 7.31. The number of hydrogen-bond acceptors (Lipinski definition) is 4. The molecule has 1 aliphatic rings. The molecule has 0 saturated carbocycles. The number of ether oxygens (including phenoxy) is 1. The zero-order valence-corrected chi connectivity index (χ0v) is 14.0. The van der Waals surface area contributed by atoms with Crippen LogP contribution in [0.1, 0.15) is 25.5 Å². The van der Waals surface area contributed by atoms with Crippen LogP contribution in [0.5, 0.6) is 5.75 Å². The fourth-order valence-electron chi connectivity index (χ4n) is 2.78. The van der Waals surface area contributed by atoms with E-state index in [1.54, 1.807) is 18.2 Å². The Morgan fingerprint density at radius 1 is 1.50 bits per heavy atom. The molecule has 1 saturated heterocycles. The van der Waals surface area contributed by atoms with Crippen LogP contribution in [0.25, 0.3) is 0 Å². The van der Waals surface area contributed by atoms with Crippen LogP contribution < -0.4 is 4.74 Å². The van der Waals surface area contributed by atoms with Gasteiger partial charge in [-0.25, -0.2) is 0 Å². The number of benzene rings is 1. The molecule has 1 N–H and O–H groups in total. The molecule has 0 amide bonds. The number of halogens is 1. The van der Waals surface area contributed by atoms with E-state index in [4.69, 9.17) is 16.3 Å². The SMILES string of the molecule is CCOc1ccc(C(C(=O)O)N2CCN(C)C(C)C2)cc1Cl. The van der Waals surface area contributed by atoms with E-state index < -0.39 is 12.0 Å². The van der Waals surface area contributed by atoms with E-state index in [0.717, 1.165) is 19.6 Å². The molecule has 2 unspecified atom stereocenters. The smallest absolute Gasteiger partial charge is 0.325 e. The zero-order chi connectivity index (χ0) is 16.3. The van der Waals surface area contributed by atoms with Crippen LogP contribution >= 0.6 is 11.6 Å². The van der Waals surface area contributed by atoms with Gasteiger partial charge in [-0.15, -0.1) is 0 Å². The third-order valence-corrected chi connectivity index (χ3v) is 4.46. The van der Waals surface area contributed by atoms with Crippen molar-refractivity contribution in [2.75, 3.05) is 33.3 Å². The van der Waals surface area contributed by atoms with Gasteiger partial charge in [0.1, 0.15) is 11.8 Å². The molecule has 1 heterocycles. The van der Waals surface area contributed by atoms with Crippen molar-refractivity contribution in [1.82, 2.24) is 9.80 Å². The van der Waals surface area contributed by atoms with Gasteiger partial charge in [0.2, 0.25) is 0 Å². The molecule has 1 aliphatic heterocycles. The minimum absolute atomic E-state index is 0.328.